The number of benzene rings is 2. The minimum Gasteiger partial charge on any atom is -0.432 e. The van der Waals surface area contributed by atoms with E-state index in [1.54, 1.807) is 22.9 Å². The Labute approximate surface area is 338 Å². The van der Waals surface area contributed by atoms with Crippen LogP contribution in [0.4, 0.5) is 25.3 Å². The number of carbonyl (C=O) groups is 2. The van der Waals surface area contributed by atoms with E-state index in [1.165, 1.54) is 22.9 Å². The Morgan fingerprint density at radius 3 is 2.41 bits per heavy atom. The van der Waals surface area contributed by atoms with Gasteiger partial charge in [0.25, 0.3) is 0 Å². The number of likely N-dealkylation sites (tertiary alicyclic amines) is 1. The molecule has 14 nitrogen and oxygen atoms in total. The molecular weight excluding hydrogens is 767 g/mol. The van der Waals surface area contributed by atoms with Gasteiger partial charge in [-0.3, -0.25) is 24.6 Å². The zero-order chi connectivity index (χ0) is 40.9. The van der Waals surface area contributed by atoms with Crippen LogP contribution in [0.15, 0.2) is 53.7 Å². The van der Waals surface area contributed by atoms with Crippen LogP contribution >= 0.6 is 0 Å². The highest BCUT2D eigenvalue weighted by Gasteiger charge is 2.30. The molecule has 4 aromatic rings. The van der Waals surface area contributed by atoms with Gasteiger partial charge in [-0.1, -0.05) is 31.8 Å². The van der Waals surface area contributed by atoms with Gasteiger partial charge in [-0.2, -0.15) is 19.1 Å². The zero-order valence-corrected chi connectivity index (χ0v) is 33.5. The lowest BCUT2D eigenvalue weighted by atomic mass is 9.87. The third-order valence-corrected chi connectivity index (χ3v) is 12.4. The van der Waals surface area contributed by atoms with Crippen LogP contribution in [-0.4, -0.2) is 96.5 Å². The summed E-state index contributed by atoms with van der Waals surface area (Å²) in [5.74, 6) is 8.02. The molecule has 2 aromatic carbocycles. The summed E-state index contributed by atoms with van der Waals surface area (Å²) in [4.78, 5) is 36.9. The van der Waals surface area contributed by atoms with E-state index in [9.17, 15) is 27.8 Å². The normalized spacial score (nSPS) is 18.5. The number of piperidine rings is 2. The van der Waals surface area contributed by atoms with Crippen LogP contribution in [0, 0.1) is 29.1 Å². The van der Waals surface area contributed by atoms with Gasteiger partial charge in [0.2, 0.25) is 11.9 Å². The number of aromatic nitrogens is 4. The Balaban J connectivity index is 0.984. The second kappa shape index (κ2) is 18.0. The largest absolute Gasteiger partial charge is 0.432 e. The van der Waals surface area contributed by atoms with Gasteiger partial charge < -0.3 is 10.1 Å². The third-order valence-electron chi connectivity index (χ3n) is 10.9. The van der Waals surface area contributed by atoms with E-state index in [0.29, 0.717) is 72.1 Å². The van der Waals surface area contributed by atoms with Crippen molar-refractivity contribution in [3.63, 3.8) is 0 Å². The number of nitrogens with one attached hydrogen (secondary N) is 2. The summed E-state index contributed by atoms with van der Waals surface area (Å²) in [5, 5.41) is 21.1. The summed E-state index contributed by atoms with van der Waals surface area (Å²) < 4.78 is 46.6. The van der Waals surface area contributed by atoms with Crippen molar-refractivity contribution in [2.45, 2.75) is 81.9 Å². The van der Waals surface area contributed by atoms with Crippen LogP contribution in [0.3, 0.4) is 0 Å². The van der Waals surface area contributed by atoms with Gasteiger partial charge >= 0.3 is 12.6 Å². The van der Waals surface area contributed by atoms with Crippen LogP contribution in [0.1, 0.15) is 75.0 Å². The number of amides is 3. The van der Waals surface area contributed by atoms with Crippen molar-refractivity contribution in [1.82, 2.24) is 34.3 Å². The lowest BCUT2D eigenvalue weighted by Crippen LogP contribution is -2.49. The number of halogens is 2. The predicted molar refractivity (Wildman–Crippen MR) is 214 cm³/mol. The summed E-state index contributed by atoms with van der Waals surface area (Å²) in [7, 11) is 0.405. The first-order chi connectivity index (χ1) is 27.9. The molecule has 5 heterocycles. The van der Waals surface area contributed by atoms with Gasteiger partial charge in [0, 0.05) is 50.1 Å². The summed E-state index contributed by atoms with van der Waals surface area (Å²) in [6, 6.07) is 13.3. The molecule has 3 saturated heterocycles. The molecule has 17 heteroatoms. The number of alkyl halides is 2. The Kier molecular flexibility index (Phi) is 12.6. The number of fused-ring (bicyclic) bond motifs is 1. The van der Waals surface area contributed by atoms with E-state index >= 15 is 0 Å². The number of ether oxygens (including phenoxy) is 1. The molecule has 0 aliphatic carbocycles. The van der Waals surface area contributed by atoms with Crippen molar-refractivity contribution < 1.29 is 27.3 Å². The van der Waals surface area contributed by atoms with Crippen molar-refractivity contribution in [2.75, 3.05) is 42.9 Å². The van der Waals surface area contributed by atoms with Crippen molar-refractivity contribution >= 4 is 45.6 Å². The average Bonchev–Trinajstić information content (AvgIpc) is 3.54. The molecule has 2 aromatic heterocycles. The molecule has 304 valence electrons. The monoisotopic (exact) mass is 812 g/mol. The number of urea groups is 1. The van der Waals surface area contributed by atoms with E-state index in [-0.39, 0.29) is 30.2 Å². The standard InChI is InChI=1S/C41H46F2N10O4S/c1-26(2)20-32(51-15-10-27(11-16-51)29-6-9-35-36(22-29)50(3)49-38(35)53-19-14-37(54)48-41(53)55)7-4-28-21-34(8-5-30(28)23-44)58(56)52-17-12-31(13-18-52)47-40-45-24-33(25-46-40)57-39(42)43/h5-6,8-9,21-22,24-27,31-32,39H,10-20H2,1-3H3,(H,45,46,47)(H,48,54,55). The number of carbonyl (C=O) groups excluding carboxylic acids is 2. The molecule has 3 aliphatic heterocycles. The zero-order valence-electron chi connectivity index (χ0n) is 32.7. The third kappa shape index (κ3) is 9.44. The number of imide groups is 1. The Hall–Kier alpha value is -5.49. The number of hydrogen-bond acceptors (Lipinski definition) is 10. The summed E-state index contributed by atoms with van der Waals surface area (Å²) in [6.07, 6.45) is 6.72. The molecular formula is C41H46F2N10O4S. The van der Waals surface area contributed by atoms with Crippen molar-refractivity contribution in [3.05, 3.63) is 65.5 Å². The molecule has 2 unspecified atom stereocenters. The van der Waals surface area contributed by atoms with E-state index < -0.39 is 23.6 Å². The maximum Gasteiger partial charge on any atom is 0.387 e. The second-order valence-electron chi connectivity index (χ2n) is 15.2. The minimum absolute atomic E-state index is 0.0172. The first kappa shape index (κ1) is 40.7. The first-order valence-electron chi connectivity index (χ1n) is 19.5. The molecule has 0 bridgehead atoms. The number of aryl methyl sites for hydroxylation is 1. The molecule has 0 spiro atoms. The molecule has 0 saturated carbocycles. The van der Waals surface area contributed by atoms with Gasteiger partial charge in [0.1, 0.15) is 17.1 Å². The number of nitriles is 1. The summed E-state index contributed by atoms with van der Waals surface area (Å²) in [6.45, 7) is 4.52. The molecule has 0 radical (unpaired) electrons. The van der Waals surface area contributed by atoms with Gasteiger partial charge in [-0.15, -0.1) is 0 Å². The predicted octanol–water partition coefficient (Wildman–Crippen LogP) is 5.53. The van der Waals surface area contributed by atoms with Gasteiger partial charge in [-0.25, -0.2) is 23.3 Å². The topological polar surface area (TPSA) is 162 Å². The maximum atomic E-state index is 13.8. The number of anilines is 2. The van der Waals surface area contributed by atoms with Crippen LogP contribution in [0.2, 0.25) is 0 Å². The SMILES string of the molecule is CC(C)CC(C#Cc1cc(S(=O)N2CCC(Nc3ncc(OC(F)F)cn3)CC2)ccc1C#N)N1CCC(c2ccc3c(N4CCC(=O)NC4=O)nn(C)c3c2)CC1. The summed E-state index contributed by atoms with van der Waals surface area (Å²) in [5.41, 5.74) is 3.15. The number of nitrogens with zero attached hydrogens (tertiary/aromatic N) is 8. The van der Waals surface area contributed by atoms with Crippen LogP contribution in [0.25, 0.3) is 10.9 Å². The van der Waals surface area contributed by atoms with Crippen molar-refractivity contribution in [2.24, 2.45) is 13.0 Å². The van der Waals surface area contributed by atoms with E-state index in [0.717, 1.165) is 43.3 Å². The Morgan fingerprint density at radius 1 is 1.00 bits per heavy atom. The van der Waals surface area contributed by atoms with Gasteiger partial charge in [0.15, 0.2) is 11.6 Å². The highest BCUT2D eigenvalue weighted by molar-refractivity contribution is 7.82. The molecule has 3 aliphatic rings. The minimum atomic E-state index is -2.95. The molecule has 7 rings (SSSR count). The molecule has 2 N–H and O–H groups in total. The lowest BCUT2D eigenvalue weighted by Gasteiger charge is -2.36. The molecule has 2 atom stereocenters. The fourth-order valence-electron chi connectivity index (χ4n) is 7.81. The first-order valence-corrected chi connectivity index (χ1v) is 20.6. The lowest BCUT2D eigenvalue weighted by molar-refractivity contribution is -0.120. The second-order valence-corrected chi connectivity index (χ2v) is 16.7. The van der Waals surface area contributed by atoms with E-state index in [1.807, 2.05) is 17.4 Å². The smallest absolute Gasteiger partial charge is 0.387 e. The Morgan fingerprint density at radius 2 is 1.74 bits per heavy atom. The highest BCUT2D eigenvalue weighted by atomic mass is 32.2. The maximum absolute atomic E-state index is 13.8. The fourth-order valence-corrected chi connectivity index (χ4v) is 9.05. The van der Waals surface area contributed by atoms with Crippen LogP contribution < -0.4 is 20.3 Å². The van der Waals surface area contributed by atoms with Crippen molar-refractivity contribution in [1.29, 1.82) is 5.26 Å². The van der Waals surface area contributed by atoms with Gasteiger partial charge in [0.05, 0.1) is 34.4 Å². The van der Waals surface area contributed by atoms with Crippen molar-refractivity contribution in [3.8, 4) is 23.7 Å². The highest BCUT2D eigenvalue weighted by Crippen LogP contribution is 2.34. The summed E-state index contributed by atoms with van der Waals surface area (Å²) >= 11 is 0. The van der Waals surface area contributed by atoms with E-state index in [4.69, 9.17) is 0 Å². The van der Waals surface area contributed by atoms with E-state index in [2.05, 4.69) is 79.2 Å². The molecule has 3 fully saturated rings. The number of hydrogen-bond donors (Lipinski definition) is 2. The van der Waals surface area contributed by atoms with Crippen LogP contribution in [0.5, 0.6) is 5.75 Å². The quantitative estimate of drug-likeness (QED) is 0.185. The molecule has 3 amide bonds. The number of rotatable bonds is 11. The fraction of sp³-hybridized carbons (Fsp3) is 0.463. The van der Waals surface area contributed by atoms with Gasteiger partial charge in [-0.05, 0) is 92.9 Å². The Bertz CT molecular complexity index is 2270. The molecule has 58 heavy (non-hydrogen) atoms. The van der Waals surface area contributed by atoms with Crippen LogP contribution in [-0.2, 0) is 22.8 Å². The average molecular weight is 813 g/mol.